The van der Waals surface area contributed by atoms with E-state index < -0.39 is 33.6 Å². The Hall–Kier alpha value is -1.47. The zero-order valence-corrected chi connectivity index (χ0v) is 13.1. The largest absolute Gasteiger partial charge is 0.480 e. The van der Waals surface area contributed by atoms with Crippen molar-refractivity contribution in [2.24, 2.45) is 5.92 Å². The number of carboxylic acid groups (broad SMARTS) is 1. The molecule has 0 amide bonds. The van der Waals surface area contributed by atoms with E-state index in [9.17, 15) is 17.6 Å². The molecule has 0 aliphatic carbocycles. The third kappa shape index (κ3) is 5.81. The SMILES string of the molecule is Cc1ccc(CS(=O)(=O)N[C@H](CC(C)C)C(=O)O)c(F)c1. The topological polar surface area (TPSA) is 83.5 Å². The first kappa shape index (κ1) is 17.6. The molecule has 0 saturated carbocycles. The highest BCUT2D eigenvalue weighted by Crippen LogP contribution is 2.14. The highest BCUT2D eigenvalue weighted by molar-refractivity contribution is 7.88. The van der Waals surface area contributed by atoms with Crippen LogP contribution in [0.5, 0.6) is 0 Å². The molecule has 0 saturated heterocycles. The van der Waals surface area contributed by atoms with E-state index in [1.807, 2.05) is 0 Å². The lowest BCUT2D eigenvalue weighted by Gasteiger charge is -2.16. The summed E-state index contributed by atoms with van der Waals surface area (Å²) in [5, 5.41) is 9.04. The van der Waals surface area contributed by atoms with Gasteiger partial charge in [0.25, 0.3) is 0 Å². The summed E-state index contributed by atoms with van der Waals surface area (Å²) in [5.74, 6) is -2.42. The van der Waals surface area contributed by atoms with Gasteiger partial charge in [0.1, 0.15) is 11.9 Å². The Morgan fingerprint density at radius 2 is 2.00 bits per heavy atom. The van der Waals surface area contributed by atoms with Gasteiger partial charge >= 0.3 is 5.97 Å². The zero-order valence-electron chi connectivity index (χ0n) is 12.3. The molecule has 0 unspecified atom stereocenters. The van der Waals surface area contributed by atoms with Crippen LogP contribution >= 0.6 is 0 Å². The Kier molecular flexibility index (Phi) is 5.86. The first-order valence-corrected chi connectivity index (χ1v) is 8.24. The predicted molar refractivity (Wildman–Crippen MR) is 77.8 cm³/mol. The second-order valence-electron chi connectivity index (χ2n) is 5.49. The summed E-state index contributed by atoms with van der Waals surface area (Å²) in [7, 11) is -3.93. The number of halogens is 1. The van der Waals surface area contributed by atoms with Gasteiger partial charge < -0.3 is 5.11 Å². The average Bonchev–Trinajstić information content (AvgIpc) is 2.31. The van der Waals surface area contributed by atoms with Gasteiger partial charge in [0.15, 0.2) is 0 Å². The van der Waals surface area contributed by atoms with Crippen LogP contribution in [-0.4, -0.2) is 25.5 Å². The molecule has 0 aliphatic heterocycles. The first-order valence-electron chi connectivity index (χ1n) is 6.58. The van der Waals surface area contributed by atoms with Crippen LogP contribution in [0.3, 0.4) is 0 Å². The van der Waals surface area contributed by atoms with Gasteiger partial charge in [-0.25, -0.2) is 17.5 Å². The minimum absolute atomic E-state index is 0.0155. The van der Waals surface area contributed by atoms with E-state index in [-0.39, 0.29) is 17.9 Å². The molecular weight excluding hydrogens is 297 g/mol. The number of carboxylic acids is 1. The molecule has 21 heavy (non-hydrogen) atoms. The molecule has 0 spiro atoms. The van der Waals surface area contributed by atoms with Crippen molar-refractivity contribution in [1.82, 2.24) is 4.72 Å². The van der Waals surface area contributed by atoms with Crippen LogP contribution in [0.4, 0.5) is 4.39 Å². The van der Waals surface area contributed by atoms with Gasteiger partial charge in [-0.1, -0.05) is 26.0 Å². The van der Waals surface area contributed by atoms with E-state index in [4.69, 9.17) is 5.11 Å². The standard InChI is InChI=1S/C14H20FNO4S/c1-9(2)6-13(14(17)18)16-21(19,20)8-11-5-4-10(3)7-12(11)15/h4-5,7,9,13,16H,6,8H2,1-3H3,(H,17,18)/t13-/m1/s1. The number of hydrogen-bond acceptors (Lipinski definition) is 3. The lowest BCUT2D eigenvalue weighted by Crippen LogP contribution is -2.42. The van der Waals surface area contributed by atoms with Crippen LogP contribution in [0.15, 0.2) is 18.2 Å². The van der Waals surface area contributed by atoms with E-state index in [1.165, 1.54) is 12.1 Å². The van der Waals surface area contributed by atoms with Crippen molar-refractivity contribution in [3.63, 3.8) is 0 Å². The highest BCUT2D eigenvalue weighted by Gasteiger charge is 2.25. The number of carbonyl (C=O) groups is 1. The average molecular weight is 317 g/mol. The van der Waals surface area contributed by atoms with Gasteiger partial charge in [0.2, 0.25) is 10.0 Å². The summed E-state index contributed by atoms with van der Waals surface area (Å²) in [4.78, 5) is 11.1. The quantitative estimate of drug-likeness (QED) is 0.806. The molecule has 0 heterocycles. The summed E-state index contributed by atoms with van der Waals surface area (Å²) >= 11 is 0. The fourth-order valence-electron chi connectivity index (χ4n) is 1.90. The van der Waals surface area contributed by atoms with Crippen molar-refractivity contribution in [3.05, 3.63) is 35.1 Å². The summed E-state index contributed by atoms with van der Waals surface area (Å²) in [5.41, 5.74) is 0.701. The fourth-order valence-corrected chi connectivity index (χ4v) is 3.26. The Labute approximate surface area is 124 Å². The van der Waals surface area contributed by atoms with Crippen molar-refractivity contribution >= 4 is 16.0 Å². The third-order valence-electron chi connectivity index (χ3n) is 2.88. The maximum absolute atomic E-state index is 13.7. The second-order valence-corrected chi connectivity index (χ2v) is 7.25. The summed E-state index contributed by atoms with van der Waals surface area (Å²) in [6, 6.07) is 3.04. The minimum atomic E-state index is -3.93. The fraction of sp³-hybridized carbons (Fsp3) is 0.500. The van der Waals surface area contributed by atoms with Crippen molar-refractivity contribution in [3.8, 4) is 0 Å². The van der Waals surface area contributed by atoms with Crippen molar-refractivity contribution in [2.45, 2.75) is 39.0 Å². The summed E-state index contributed by atoms with van der Waals surface area (Å²) in [6.07, 6.45) is 0.172. The van der Waals surface area contributed by atoms with Crippen LogP contribution in [0, 0.1) is 18.7 Å². The molecule has 0 radical (unpaired) electrons. The van der Waals surface area contributed by atoms with Gasteiger partial charge in [-0.2, -0.15) is 0 Å². The lowest BCUT2D eigenvalue weighted by atomic mass is 10.1. The molecule has 118 valence electrons. The normalized spacial score (nSPS) is 13.4. The van der Waals surface area contributed by atoms with Crippen molar-refractivity contribution in [2.75, 3.05) is 0 Å². The Bertz CT molecular complexity index is 613. The van der Waals surface area contributed by atoms with Gasteiger partial charge in [-0.15, -0.1) is 0 Å². The third-order valence-corrected chi connectivity index (χ3v) is 4.22. The summed E-state index contributed by atoms with van der Waals surface area (Å²) < 4.78 is 39.8. The number of aryl methyl sites for hydroxylation is 1. The van der Waals surface area contributed by atoms with E-state index in [0.717, 1.165) is 0 Å². The van der Waals surface area contributed by atoms with E-state index in [1.54, 1.807) is 26.8 Å². The van der Waals surface area contributed by atoms with Crippen LogP contribution in [-0.2, 0) is 20.6 Å². The number of benzene rings is 1. The molecule has 5 nitrogen and oxygen atoms in total. The predicted octanol–water partition coefficient (Wildman–Crippen LogP) is 2.05. The maximum Gasteiger partial charge on any atom is 0.321 e. The van der Waals surface area contributed by atoms with Gasteiger partial charge in [0, 0.05) is 5.56 Å². The van der Waals surface area contributed by atoms with Crippen LogP contribution in [0.1, 0.15) is 31.4 Å². The molecular formula is C14H20FNO4S. The lowest BCUT2D eigenvalue weighted by molar-refractivity contribution is -0.139. The van der Waals surface area contributed by atoms with Crippen LogP contribution in [0.2, 0.25) is 0 Å². The molecule has 0 aromatic heterocycles. The van der Waals surface area contributed by atoms with Crippen molar-refractivity contribution in [1.29, 1.82) is 0 Å². The summed E-state index contributed by atoms with van der Waals surface area (Å²) in [6.45, 7) is 5.29. The van der Waals surface area contributed by atoms with Gasteiger partial charge in [-0.05, 0) is 30.9 Å². The molecule has 7 heteroatoms. The van der Waals surface area contributed by atoms with Gasteiger partial charge in [0.05, 0.1) is 5.75 Å². The van der Waals surface area contributed by atoms with E-state index in [0.29, 0.717) is 5.56 Å². The monoisotopic (exact) mass is 317 g/mol. The van der Waals surface area contributed by atoms with E-state index in [2.05, 4.69) is 4.72 Å². The molecule has 1 aromatic rings. The van der Waals surface area contributed by atoms with Gasteiger partial charge in [-0.3, -0.25) is 4.79 Å². The maximum atomic E-state index is 13.7. The molecule has 0 fully saturated rings. The Balaban J connectivity index is 2.87. The smallest absolute Gasteiger partial charge is 0.321 e. The van der Waals surface area contributed by atoms with Crippen molar-refractivity contribution < 1.29 is 22.7 Å². The van der Waals surface area contributed by atoms with E-state index >= 15 is 0 Å². The number of rotatable bonds is 7. The number of nitrogens with one attached hydrogen (secondary N) is 1. The molecule has 1 rings (SSSR count). The molecule has 0 bridgehead atoms. The minimum Gasteiger partial charge on any atom is -0.480 e. The molecule has 1 aromatic carbocycles. The molecule has 2 N–H and O–H groups in total. The first-order chi connectivity index (χ1) is 9.60. The Morgan fingerprint density at radius 1 is 1.38 bits per heavy atom. The number of aliphatic carboxylic acids is 1. The Morgan fingerprint density at radius 3 is 2.48 bits per heavy atom. The highest BCUT2D eigenvalue weighted by atomic mass is 32.2. The molecule has 0 aliphatic rings. The number of hydrogen-bond donors (Lipinski definition) is 2. The second kappa shape index (κ2) is 7.00. The number of sulfonamides is 1. The van der Waals surface area contributed by atoms with Crippen LogP contribution < -0.4 is 4.72 Å². The zero-order chi connectivity index (χ0) is 16.2. The molecule has 1 atom stereocenters. The van der Waals surface area contributed by atoms with Crippen LogP contribution in [0.25, 0.3) is 0 Å².